The largest absolute Gasteiger partial charge is 0.394 e. The zero-order valence-corrected chi connectivity index (χ0v) is 25.2. The fourth-order valence-electron chi connectivity index (χ4n) is 5.11. The molecule has 0 spiro atoms. The minimum atomic E-state index is -1.25. The van der Waals surface area contributed by atoms with Crippen LogP contribution in [0.25, 0.3) is 0 Å². The molecule has 6 nitrogen and oxygen atoms in total. The van der Waals surface area contributed by atoms with E-state index in [1.807, 2.05) is 0 Å². The van der Waals surface area contributed by atoms with Gasteiger partial charge < -0.3 is 25.7 Å². The lowest BCUT2D eigenvalue weighted by Gasteiger charge is -2.27. The van der Waals surface area contributed by atoms with Gasteiger partial charge in [-0.3, -0.25) is 4.79 Å². The zero-order chi connectivity index (χ0) is 28.3. The molecule has 1 amide bonds. The lowest BCUT2D eigenvalue weighted by Crippen LogP contribution is -2.53. The van der Waals surface area contributed by atoms with Crippen LogP contribution in [0.2, 0.25) is 0 Å². The molecule has 0 rings (SSSR count). The molecule has 0 saturated carbocycles. The van der Waals surface area contributed by atoms with Crippen molar-refractivity contribution < 1.29 is 25.2 Å². The summed E-state index contributed by atoms with van der Waals surface area (Å²) in [5, 5.41) is 43.2. The van der Waals surface area contributed by atoms with Crippen molar-refractivity contribution in [3.63, 3.8) is 0 Å². The summed E-state index contributed by atoms with van der Waals surface area (Å²) in [5.41, 5.74) is 0. The number of amides is 1. The van der Waals surface area contributed by atoms with Crippen LogP contribution in [0.1, 0.15) is 168 Å². The second-order valence-electron chi connectivity index (χ2n) is 11.5. The first-order chi connectivity index (χ1) is 18.5. The van der Waals surface area contributed by atoms with E-state index < -0.39 is 36.9 Å². The minimum absolute atomic E-state index is 0.373. The van der Waals surface area contributed by atoms with Crippen molar-refractivity contribution in [1.29, 1.82) is 0 Å². The van der Waals surface area contributed by atoms with E-state index in [9.17, 15) is 25.2 Å². The number of hydrogen-bond donors (Lipinski definition) is 5. The smallest absolute Gasteiger partial charge is 0.249 e. The van der Waals surface area contributed by atoms with Gasteiger partial charge in [0.2, 0.25) is 5.91 Å². The number of rotatable bonds is 29. The molecule has 228 valence electrons. The number of carbonyl (C=O) groups excluding carboxylic acids is 1. The molecule has 38 heavy (non-hydrogen) atoms. The Bertz CT molecular complexity index is 504. The maximum Gasteiger partial charge on any atom is 0.249 e. The molecule has 0 aromatic carbocycles. The van der Waals surface area contributed by atoms with Gasteiger partial charge in [0, 0.05) is 0 Å². The summed E-state index contributed by atoms with van der Waals surface area (Å²) in [7, 11) is 0. The normalized spacial score (nSPS) is 14.8. The van der Waals surface area contributed by atoms with Gasteiger partial charge in [-0.1, -0.05) is 155 Å². The molecule has 0 aliphatic carbocycles. The van der Waals surface area contributed by atoms with Gasteiger partial charge >= 0.3 is 0 Å². The van der Waals surface area contributed by atoms with Gasteiger partial charge in [-0.05, 0) is 12.8 Å². The molecule has 0 aromatic rings. The highest BCUT2D eigenvalue weighted by Crippen LogP contribution is 2.15. The van der Waals surface area contributed by atoms with Crippen molar-refractivity contribution in [2.45, 2.75) is 192 Å². The average Bonchev–Trinajstić information content (AvgIpc) is 2.92. The van der Waals surface area contributed by atoms with Gasteiger partial charge in [-0.15, -0.1) is 0 Å². The van der Waals surface area contributed by atoms with Crippen molar-refractivity contribution in [2.24, 2.45) is 0 Å². The highest BCUT2D eigenvalue weighted by molar-refractivity contribution is 5.80. The third kappa shape index (κ3) is 22.2. The molecule has 0 aliphatic heterocycles. The summed E-state index contributed by atoms with van der Waals surface area (Å²) in [5.74, 6) is -0.586. The van der Waals surface area contributed by atoms with E-state index in [0.717, 1.165) is 38.5 Å². The molecule has 0 bridgehead atoms. The molecular formula is C32H65NO5. The number of aliphatic hydroxyl groups excluding tert-OH is 4. The molecule has 6 heteroatoms. The SMILES string of the molecule is CCCCCCCCCCCCCCC(O)C(O)C(CO)NC(=O)C(O)CCCCCCCCCCCC. The Morgan fingerprint density at radius 1 is 0.553 bits per heavy atom. The lowest BCUT2D eigenvalue weighted by molar-refractivity contribution is -0.132. The zero-order valence-electron chi connectivity index (χ0n) is 25.2. The Labute approximate surface area is 235 Å². The van der Waals surface area contributed by atoms with Crippen LogP contribution in [0.4, 0.5) is 0 Å². The number of carbonyl (C=O) groups is 1. The Balaban J connectivity index is 3.87. The van der Waals surface area contributed by atoms with E-state index >= 15 is 0 Å². The number of nitrogens with one attached hydrogen (secondary N) is 1. The topological polar surface area (TPSA) is 110 Å². The summed E-state index contributed by atoms with van der Waals surface area (Å²) in [6.07, 6.45) is 24.1. The van der Waals surface area contributed by atoms with Crippen LogP contribution >= 0.6 is 0 Å². The first-order valence-electron chi connectivity index (χ1n) is 16.4. The van der Waals surface area contributed by atoms with Gasteiger partial charge in [0.1, 0.15) is 12.2 Å². The molecule has 0 heterocycles. The second-order valence-corrected chi connectivity index (χ2v) is 11.5. The molecule has 0 aromatic heterocycles. The van der Waals surface area contributed by atoms with Crippen molar-refractivity contribution in [2.75, 3.05) is 6.61 Å². The molecule has 0 fully saturated rings. The van der Waals surface area contributed by atoms with Gasteiger partial charge in [0.25, 0.3) is 0 Å². The Hall–Kier alpha value is -0.690. The van der Waals surface area contributed by atoms with Crippen molar-refractivity contribution in [3.8, 4) is 0 Å². The highest BCUT2D eigenvalue weighted by Gasteiger charge is 2.28. The van der Waals surface area contributed by atoms with E-state index in [-0.39, 0.29) is 0 Å². The molecule has 0 aliphatic rings. The summed E-state index contributed by atoms with van der Waals surface area (Å²) >= 11 is 0. The number of hydrogen-bond acceptors (Lipinski definition) is 5. The van der Waals surface area contributed by atoms with E-state index in [1.54, 1.807) is 0 Å². The third-order valence-electron chi connectivity index (χ3n) is 7.82. The molecule has 0 radical (unpaired) electrons. The quantitative estimate of drug-likeness (QED) is 0.0656. The highest BCUT2D eigenvalue weighted by atomic mass is 16.3. The van der Waals surface area contributed by atoms with Crippen LogP contribution < -0.4 is 5.32 Å². The fourth-order valence-corrected chi connectivity index (χ4v) is 5.11. The maximum atomic E-state index is 12.3. The van der Waals surface area contributed by atoms with E-state index in [0.29, 0.717) is 12.8 Å². The van der Waals surface area contributed by atoms with Crippen molar-refractivity contribution in [1.82, 2.24) is 5.32 Å². The first-order valence-corrected chi connectivity index (χ1v) is 16.4. The van der Waals surface area contributed by atoms with Crippen LogP contribution in [0.3, 0.4) is 0 Å². The molecular weight excluding hydrogens is 478 g/mol. The number of unbranched alkanes of at least 4 members (excludes halogenated alkanes) is 20. The van der Waals surface area contributed by atoms with E-state index in [1.165, 1.54) is 103 Å². The second kappa shape index (κ2) is 27.9. The van der Waals surface area contributed by atoms with Gasteiger partial charge in [0.15, 0.2) is 0 Å². The lowest BCUT2D eigenvalue weighted by atomic mass is 9.99. The van der Waals surface area contributed by atoms with E-state index in [4.69, 9.17) is 0 Å². The van der Waals surface area contributed by atoms with E-state index in [2.05, 4.69) is 19.2 Å². The molecule has 5 N–H and O–H groups in total. The van der Waals surface area contributed by atoms with Crippen LogP contribution in [0.5, 0.6) is 0 Å². The first kappa shape index (κ1) is 37.3. The van der Waals surface area contributed by atoms with Crippen LogP contribution in [-0.2, 0) is 4.79 Å². The molecule has 4 atom stereocenters. The summed E-state index contributed by atoms with van der Waals surface area (Å²) in [6.45, 7) is 3.99. The summed E-state index contributed by atoms with van der Waals surface area (Å²) in [4.78, 5) is 12.3. The average molecular weight is 544 g/mol. The monoisotopic (exact) mass is 543 g/mol. The summed E-state index contributed by atoms with van der Waals surface area (Å²) < 4.78 is 0. The van der Waals surface area contributed by atoms with Gasteiger partial charge in [0.05, 0.1) is 18.8 Å². The van der Waals surface area contributed by atoms with Crippen LogP contribution in [0.15, 0.2) is 0 Å². The fraction of sp³-hybridized carbons (Fsp3) is 0.969. The number of aliphatic hydroxyl groups is 4. The van der Waals surface area contributed by atoms with Crippen LogP contribution in [-0.4, -0.2) is 57.3 Å². The maximum absolute atomic E-state index is 12.3. The molecule has 0 saturated heterocycles. The Morgan fingerprint density at radius 2 is 0.895 bits per heavy atom. The predicted octanol–water partition coefficient (Wildman–Crippen LogP) is 6.95. The van der Waals surface area contributed by atoms with Crippen molar-refractivity contribution >= 4 is 5.91 Å². The van der Waals surface area contributed by atoms with Crippen molar-refractivity contribution in [3.05, 3.63) is 0 Å². The van der Waals surface area contributed by atoms with Gasteiger partial charge in [-0.2, -0.15) is 0 Å². The summed E-state index contributed by atoms with van der Waals surface area (Å²) in [6, 6.07) is -0.975. The Morgan fingerprint density at radius 3 is 1.26 bits per heavy atom. The van der Waals surface area contributed by atoms with Crippen LogP contribution in [0, 0.1) is 0 Å². The Kier molecular flexibility index (Phi) is 27.4. The van der Waals surface area contributed by atoms with Gasteiger partial charge in [-0.25, -0.2) is 0 Å². The molecule has 4 unspecified atom stereocenters. The standard InChI is InChI=1S/C32H65NO5/c1-3-5-7-9-11-13-15-16-18-19-21-23-25-29(35)31(37)28(27-34)33-32(38)30(36)26-24-22-20-17-14-12-10-8-6-4-2/h28-31,34-37H,3-27H2,1-2H3,(H,33,38). The predicted molar refractivity (Wildman–Crippen MR) is 159 cm³/mol. The minimum Gasteiger partial charge on any atom is -0.394 e. The third-order valence-corrected chi connectivity index (χ3v) is 7.82.